The van der Waals surface area contributed by atoms with Gasteiger partial charge >= 0.3 is 5.97 Å². The Morgan fingerprint density at radius 1 is 1.13 bits per heavy atom. The number of carbonyl (C=O) groups is 2. The topological polar surface area (TPSA) is 52.6 Å². The van der Waals surface area contributed by atoms with Crippen LogP contribution in [0.1, 0.15) is 27.2 Å². The lowest BCUT2D eigenvalue weighted by molar-refractivity contribution is -0.146. The summed E-state index contributed by atoms with van der Waals surface area (Å²) in [6.07, 6.45) is -0.179. The molecule has 0 unspecified atom stereocenters. The van der Waals surface area contributed by atoms with Crippen LogP contribution in [-0.2, 0) is 19.1 Å². The number of methoxy groups -OCH3 is 2. The van der Waals surface area contributed by atoms with Crippen LogP contribution in [0.25, 0.3) is 0 Å². The lowest BCUT2D eigenvalue weighted by atomic mass is 9.88. The summed E-state index contributed by atoms with van der Waals surface area (Å²) >= 11 is 0. The average molecular weight is 216 g/mol. The number of Topliss-reactive ketones (excluding diaryl/α,β-unsaturated/α-hetero) is 1. The summed E-state index contributed by atoms with van der Waals surface area (Å²) in [7, 11) is 2.85. The molecule has 4 nitrogen and oxygen atoms in total. The molecule has 0 aliphatic carbocycles. The molecule has 0 bridgehead atoms. The van der Waals surface area contributed by atoms with Crippen LogP contribution in [-0.4, -0.2) is 32.1 Å². The summed E-state index contributed by atoms with van der Waals surface area (Å²) in [4.78, 5) is 22.9. The summed E-state index contributed by atoms with van der Waals surface area (Å²) in [6.45, 7) is 5.41. The highest BCUT2D eigenvalue weighted by Gasteiger charge is 2.29. The van der Waals surface area contributed by atoms with Crippen molar-refractivity contribution < 1.29 is 19.1 Å². The van der Waals surface area contributed by atoms with Crippen molar-refractivity contribution in [2.24, 2.45) is 11.8 Å². The van der Waals surface area contributed by atoms with Crippen molar-refractivity contribution >= 4 is 11.8 Å². The first-order chi connectivity index (χ1) is 6.93. The average Bonchev–Trinajstić information content (AvgIpc) is 2.23. The molecule has 2 atom stereocenters. The van der Waals surface area contributed by atoms with E-state index in [1.165, 1.54) is 14.2 Å². The fourth-order valence-corrected chi connectivity index (χ4v) is 1.35. The van der Waals surface area contributed by atoms with Crippen LogP contribution in [0.3, 0.4) is 0 Å². The van der Waals surface area contributed by atoms with Crippen molar-refractivity contribution in [3.63, 3.8) is 0 Å². The largest absolute Gasteiger partial charge is 0.469 e. The molecule has 88 valence electrons. The summed E-state index contributed by atoms with van der Waals surface area (Å²) in [6, 6.07) is 0. The van der Waals surface area contributed by atoms with Gasteiger partial charge in [-0.1, -0.05) is 13.8 Å². The third-order valence-electron chi connectivity index (χ3n) is 2.49. The second kappa shape index (κ2) is 6.56. The fourth-order valence-electron chi connectivity index (χ4n) is 1.35. The molecule has 0 rings (SSSR count). The Balaban J connectivity index is 4.58. The van der Waals surface area contributed by atoms with Gasteiger partial charge in [0.2, 0.25) is 0 Å². The van der Waals surface area contributed by atoms with Crippen LogP contribution >= 0.6 is 0 Å². The molecule has 0 aliphatic rings. The summed E-state index contributed by atoms with van der Waals surface area (Å²) in [5.41, 5.74) is 0. The number of hydrogen-bond donors (Lipinski definition) is 0. The molecule has 0 aromatic carbocycles. The zero-order valence-electron chi connectivity index (χ0n) is 10.1. The molecule has 15 heavy (non-hydrogen) atoms. The van der Waals surface area contributed by atoms with Gasteiger partial charge in [0.05, 0.1) is 25.6 Å². The van der Waals surface area contributed by atoms with E-state index >= 15 is 0 Å². The molecule has 0 amide bonds. The Bertz CT molecular complexity index is 223. The van der Waals surface area contributed by atoms with E-state index in [0.29, 0.717) is 0 Å². The van der Waals surface area contributed by atoms with Gasteiger partial charge in [-0.15, -0.1) is 0 Å². The highest BCUT2D eigenvalue weighted by atomic mass is 16.5. The van der Waals surface area contributed by atoms with Crippen LogP contribution in [0, 0.1) is 11.8 Å². The van der Waals surface area contributed by atoms with Crippen molar-refractivity contribution in [2.45, 2.75) is 33.3 Å². The zero-order chi connectivity index (χ0) is 12.0. The molecular weight excluding hydrogens is 196 g/mol. The normalized spacial score (nSPS) is 14.8. The predicted molar refractivity (Wildman–Crippen MR) is 56.4 cm³/mol. The molecule has 0 aliphatic heterocycles. The third-order valence-corrected chi connectivity index (χ3v) is 2.49. The monoisotopic (exact) mass is 216 g/mol. The highest BCUT2D eigenvalue weighted by Crippen LogP contribution is 2.18. The molecule has 4 heteroatoms. The Labute approximate surface area is 90.9 Å². The maximum Gasteiger partial charge on any atom is 0.306 e. The first-order valence-corrected chi connectivity index (χ1v) is 5.07. The number of ether oxygens (including phenoxy) is 2. The number of rotatable bonds is 6. The van der Waals surface area contributed by atoms with Crippen LogP contribution in [0.5, 0.6) is 0 Å². The Hall–Kier alpha value is -0.900. The van der Waals surface area contributed by atoms with Crippen molar-refractivity contribution in [1.82, 2.24) is 0 Å². The van der Waals surface area contributed by atoms with E-state index in [0.717, 1.165) is 0 Å². The Morgan fingerprint density at radius 3 is 2.00 bits per heavy atom. The second-order valence-corrected chi connectivity index (χ2v) is 3.88. The quantitative estimate of drug-likeness (QED) is 0.630. The van der Waals surface area contributed by atoms with Crippen LogP contribution in [0.2, 0.25) is 0 Å². The molecule has 0 radical (unpaired) electrons. The minimum absolute atomic E-state index is 0.0368. The number of esters is 1. The van der Waals surface area contributed by atoms with Crippen molar-refractivity contribution in [3.8, 4) is 0 Å². The van der Waals surface area contributed by atoms with E-state index in [9.17, 15) is 9.59 Å². The van der Waals surface area contributed by atoms with Gasteiger partial charge in [-0.25, -0.2) is 0 Å². The Kier molecular flexibility index (Phi) is 6.17. The molecule has 0 saturated carbocycles. The second-order valence-electron chi connectivity index (χ2n) is 3.88. The molecule has 0 aromatic heterocycles. The molecule has 0 heterocycles. The SMILES string of the molecule is COC(=O)C[C@H](C(=O)C(C)C)[C@@H](C)OC. The highest BCUT2D eigenvalue weighted by molar-refractivity contribution is 5.87. The minimum atomic E-state index is -0.414. The van der Waals surface area contributed by atoms with Gasteiger partial charge in [-0.05, 0) is 6.92 Å². The molecule has 0 spiro atoms. The molecule has 0 saturated heterocycles. The lowest BCUT2D eigenvalue weighted by Gasteiger charge is -2.22. The van der Waals surface area contributed by atoms with Crippen molar-refractivity contribution in [2.75, 3.05) is 14.2 Å². The zero-order valence-corrected chi connectivity index (χ0v) is 10.1. The fraction of sp³-hybridized carbons (Fsp3) is 0.818. The van der Waals surface area contributed by atoms with E-state index in [1.54, 1.807) is 6.92 Å². The van der Waals surface area contributed by atoms with Gasteiger partial charge in [-0.3, -0.25) is 9.59 Å². The van der Waals surface area contributed by atoms with Gasteiger partial charge in [0.25, 0.3) is 0 Å². The van der Waals surface area contributed by atoms with Crippen LogP contribution < -0.4 is 0 Å². The number of hydrogen-bond acceptors (Lipinski definition) is 4. The van der Waals surface area contributed by atoms with Crippen molar-refractivity contribution in [1.29, 1.82) is 0 Å². The summed E-state index contributed by atoms with van der Waals surface area (Å²) < 4.78 is 9.66. The molecule has 0 aromatic rings. The third kappa shape index (κ3) is 4.42. The standard InChI is InChI=1S/C11H20O4/c1-7(2)11(13)9(8(3)14-4)6-10(12)15-5/h7-9H,6H2,1-5H3/t8-,9+/m1/s1. The Morgan fingerprint density at radius 2 is 1.67 bits per heavy atom. The van der Waals surface area contributed by atoms with E-state index in [1.807, 2.05) is 13.8 Å². The van der Waals surface area contributed by atoms with Crippen molar-refractivity contribution in [3.05, 3.63) is 0 Å². The summed E-state index contributed by atoms with van der Waals surface area (Å²) in [5, 5.41) is 0. The smallest absolute Gasteiger partial charge is 0.306 e. The lowest BCUT2D eigenvalue weighted by Crippen LogP contribution is -2.32. The van der Waals surface area contributed by atoms with E-state index < -0.39 is 5.92 Å². The summed E-state index contributed by atoms with van der Waals surface area (Å²) in [5.74, 6) is -0.854. The van der Waals surface area contributed by atoms with Gasteiger partial charge in [-0.2, -0.15) is 0 Å². The first-order valence-electron chi connectivity index (χ1n) is 5.07. The van der Waals surface area contributed by atoms with E-state index in [2.05, 4.69) is 4.74 Å². The van der Waals surface area contributed by atoms with E-state index in [4.69, 9.17) is 4.74 Å². The predicted octanol–water partition coefficient (Wildman–Crippen LogP) is 1.43. The van der Waals surface area contributed by atoms with Crippen LogP contribution in [0.15, 0.2) is 0 Å². The van der Waals surface area contributed by atoms with Crippen LogP contribution in [0.4, 0.5) is 0 Å². The van der Waals surface area contributed by atoms with Gasteiger partial charge in [0.15, 0.2) is 0 Å². The van der Waals surface area contributed by atoms with Gasteiger partial charge < -0.3 is 9.47 Å². The number of carbonyl (C=O) groups excluding carboxylic acids is 2. The van der Waals surface area contributed by atoms with Gasteiger partial charge in [0.1, 0.15) is 5.78 Å². The maximum absolute atomic E-state index is 11.8. The molecule has 0 fully saturated rings. The number of ketones is 1. The molecular formula is C11H20O4. The maximum atomic E-state index is 11.8. The first kappa shape index (κ1) is 14.1. The minimum Gasteiger partial charge on any atom is -0.469 e. The van der Waals surface area contributed by atoms with Gasteiger partial charge in [0, 0.05) is 13.0 Å². The molecule has 0 N–H and O–H groups in total. The van der Waals surface area contributed by atoms with E-state index in [-0.39, 0.29) is 30.2 Å².